The van der Waals surface area contributed by atoms with Gasteiger partial charge in [0, 0.05) is 6.61 Å². The van der Waals surface area contributed by atoms with Gasteiger partial charge < -0.3 is 20.3 Å². The molecule has 0 saturated heterocycles. The molecule has 0 aromatic heterocycles. The molecule has 5 heteroatoms. The second-order valence-electron chi connectivity index (χ2n) is 2.15. The van der Waals surface area contributed by atoms with Crippen molar-refractivity contribution in [2.45, 2.75) is 13.0 Å². The highest BCUT2D eigenvalue weighted by molar-refractivity contribution is 5.75. The van der Waals surface area contributed by atoms with Gasteiger partial charge in [-0.05, 0) is 6.92 Å². The lowest BCUT2D eigenvalue weighted by Crippen LogP contribution is -2.36. The van der Waals surface area contributed by atoms with Crippen LogP contribution in [0.2, 0.25) is 0 Å². The Hall–Kier alpha value is -0.650. The van der Waals surface area contributed by atoms with E-state index in [1.807, 2.05) is 6.92 Å². The molecule has 0 bridgehead atoms. The fourth-order valence-electron chi connectivity index (χ4n) is 0.527. The number of ether oxygens (including phenoxy) is 2. The molecule has 0 rings (SSSR count). The first kappa shape index (κ1) is 11.4. The topological polar surface area (TPSA) is 81.8 Å². The van der Waals surface area contributed by atoms with E-state index in [2.05, 4.69) is 4.74 Å². The van der Waals surface area contributed by atoms with E-state index in [1.54, 1.807) is 0 Å². The van der Waals surface area contributed by atoms with E-state index in [1.165, 1.54) is 0 Å². The Morgan fingerprint density at radius 3 is 2.75 bits per heavy atom. The van der Waals surface area contributed by atoms with Crippen molar-refractivity contribution in [3.05, 3.63) is 0 Å². The Kier molecular flexibility index (Phi) is 6.64. The maximum absolute atomic E-state index is 10.8. The summed E-state index contributed by atoms with van der Waals surface area (Å²) in [4.78, 5) is 10.8. The normalized spacial score (nSPS) is 12.6. The highest BCUT2D eigenvalue weighted by atomic mass is 16.6. The van der Waals surface area contributed by atoms with E-state index in [9.17, 15) is 4.79 Å². The summed E-state index contributed by atoms with van der Waals surface area (Å²) in [5.74, 6) is -0.600. The zero-order chi connectivity index (χ0) is 9.40. The molecule has 0 spiro atoms. The summed E-state index contributed by atoms with van der Waals surface area (Å²) in [6.07, 6.45) is 0. The quantitative estimate of drug-likeness (QED) is 0.397. The molecule has 0 aromatic rings. The minimum atomic E-state index is -0.938. The van der Waals surface area contributed by atoms with Gasteiger partial charge in [-0.15, -0.1) is 0 Å². The van der Waals surface area contributed by atoms with Crippen LogP contribution in [0.1, 0.15) is 6.92 Å². The first-order valence-corrected chi connectivity index (χ1v) is 3.83. The van der Waals surface area contributed by atoms with Crippen molar-refractivity contribution < 1.29 is 19.4 Å². The van der Waals surface area contributed by atoms with Crippen molar-refractivity contribution in [1.82, 2.24) is 0 Å². The second-order valence-corrected chi connectivity index (χ2v) is 2.15. The minimum absolute atomic E-state index is 0.181. The van der Waals surface area contributed by atoms with Crippen LogP contribution in [0.4, 0.5) is 0 Å². The first-order chi connectivity index (χ1) is 5.72. The SMILES string of the molecule is CCOCCOC(=O)[C@H](N)CO. The van der Waals surface area contributed by atoms with Crippen LogP contribution in [-0.4, -0.2) is 43.5 Å². The maximum Gasteiger partial charge on any atom is 0.325 e. The van der Waals surface area contributed by atoms with Gasteiger partial charge in [-0.25, -0.2) is 0 Å². The van der Waals surface area contributed by atoms with Crippen LogP contribution in [-0.2, 0) is 14.3 Å². The van der Waals surface area contributed by atoms with Crippen LogP contribution >= 0.6 is 0 Å². The van der Waals surface area contributed by atoms with E-state index in [0.29, 0.717) is 13.2 Å². The van der Waals surface area contributed by atoms with E-state index in [4.69, 9.17) is 15.6 Å². The van der Waals surface area contributed by atoms with Crippen LogP contribution in [0.25, 0.3) is 0 Å². The highest BCUT2D eigenvalue weighted by Gasteiger charge is 2.12. The van der Waals surface area contributed by atoms with Crippen molar-refractivity contribution in [2.75, 3.05) is 26.4 Å². The summed E-state index contributed by atoms with van der Waals surface area (Å²) >= 11 is 0. The molecule has 72 valence electrons. The average Bonchev–Trinajstić information content (AvgIpc) is 2.10. The maximum atomic E-state index is 10.8. The van der Waals surface area contributed by atoms with Crippen LogP contribution < -0.4 is 5.73 Å². The van der Waals surface area contributed by atoms with Gasteiger partial charge in [0.1, 0.15) is 12.6 Å². The van der Waals surface area contributed by atoms with Gasteiger partial charge >= 0.3 is 5.97 Å². The van der Waals surface area contributed by atoms with Gasteiger partial charge in [-0.1, -0.05) is 0 Å². The Bertz CT molecular complexity index is 129. The third-order valence-electron chi connectivity index (χ3n) is 1.18. The Morgan fingerprint density at radius 1 is 1.58 bits per heavy atom. The molecule has 0 radical (unpaired) electrons. The highest BCUT2D eigenvalue weighted by Crippen LogP contribution is 1.84. The smallest absolute Gasteiger partial charge is 0.325 e. The van der Waals surface area contributed by atoms with E-state index < -0.39 is 18.6 Å². The van der Waals surface area contributed by atoms with Gasteiger partial charge in [0.05, 0.1) is 13.2 Å². The third-order valence-corrected chi connectivity index (χ3v) is 1.18. The lowest BCUT2D eigenvalue weighted by Gasteiger charge is -2.08. The number of carbonyl (C=O) groups is 1. The van der Waals surface area contributed by atoms with E-state index in [-0.39, 0.29) is 6.61 Å². The Balaban J connectivity index is 3.31. The summed E-state index contributed by atoms with van der Waals surface area (Å²) < 4.78 is 9.56. The summed E-state index contributed by atoms with van der Waals surface area (Å²) in [5.41, 5.74) is 5.17. The van der Waals surface area contributed by atoms with Crippen molar-refractivity contribution in [2.24, 2.45) is 5.73 Å². The molecule has 0 saturated carbocycles. The van der Waals surface area contributed by atoms with E-state index >= 15 is 0 Å². The number of aliphatic hydroxyl groups is 1. The largest absolute Gasteiger partial charge is 0.462 e. The molecule has 0 aliphatic rings. The molecule has 0 heterocycles. The summed E-state index contributed by atoms with van der Waals surface area (Å²) in [6, 6.07) is -0.938. The van der Waals surface area contributed by atoms with Gasteiger partial charge in [-0.2, -0.15) is 0 Å². The van der Waals surface area contributed by atoms with E-state index in [0.717, 1.165) is 0 Å². The van der Waals surface area contributed by atoms with Gasteiger partial charge in [-0.3, -0.25) is 4.79 Å². The minimum Gasteiger partial charge on any atom is -0.462 e. The lowest BCUT2D eigenvalue weighted by molar-refractivity contribution is -0.147. The zero-order valence-corrected chi connectivity index (χ0v) is 7.16. The van der Waals surface area contributed by atoms with Gasteiger partial charge in [0.25, 0.3) is 0 Å². The first-order valence-electron chi connectivity index (χ1n) is 3.83. The predicted molar refractivity (Wildman–Crippen MR) is 42.5 cm³/mol. The predicted octanol–water partition coefficient (Wildman–Crippen LogP) is -1.11. The third kappa shape index (κ3) is 5.06. The van der Waals surface area contributed by atoms with Crippen LogP contribution in [0.5, 0.6) is 0 Å². The number of hydrogen-bond donors (Lipinski definition) is 2. The number of aliphatic hydroxyl groups excluding tert-OH is 1. The number of rotatable bonds is 6. The van der Waals surface area contributed by atoms with Crippen molar-refractivity contribution in [3.8, 4) is 0 Å². The molecular formula is C7H15NO4. The number of hydrogen-bond acceptors (Lipinski definition) is 5. The van der Waals surface area contributed by atoms with Crippen LogP contribution in [0.3, 0.4) is 0 Å². The molecule has 0 aliphatic carbocycles. The fourth-order valence-corrected chi connectivity index (χ4v) is 0.527. The fraction of sp³-hybridized carbons (Fsp3) is 0.857. The Morgan fingerprint density at radius 2 is 2.25 bits per heavy atom. The summed E-state index contributed by atoms with van der Waals surface area (Å²) in [6.45, 7) is 2.58. The van der Waals surface area contributed by atoms with Crippen molar-refractivity contribution >= 4 is 5.97 Å². The number of esters is 1. The molecule has 3 N–H and O–H groups in total. The lowest BCUT2D eigenvalue weighted by atomic mass is 10.3. The Labute approximate surface area is 71.5 Å². The molecule has 0 fully saturated rings. The number of nitrogens with two attached hydrogens (primary N) is 1. The summed E-state index contributed by atoms with van der Waals surface area (Å²) in [7, 11) is 0. The molecule has 0 amide bonds. The zero-order valence-electron chi connectivity index (χ0n) is 7.16. The molecule has 0 aromatic carbocycles. The van der Waals surface area contributed by atoms with Crippen LogP contribution in [0, 0.1) is 0 Å². The van der Waals surface area contributed by atoms with Crippen LogP contribution in [0.15, 0.2) is 0 Å². The van der Waals surface area contributed by atoms with Crippen molar-refractivity contribution in [3.63, 3.8) is 0 Å². The molecule has 1 atom stereocenters. The molecule has 0 aliphatic heterocycles. The molecular weight excluding hydrogens is 162 g/mol. The van der Waals surface area contributed by atoms with Gasteiger partial charge in [0.15, 0.2) is 0 Å². The molecule has 5 nitrogen and oxygen atoms in total. The molecule has 0 unspecified atom stereocenters. The van der Waals surface area contributed by atoms with Gasteiger partial charge in [0.2, 0.25) is 0 Å². The summed E-state index contributed by atoms with van der Waals surface area (Å²) in [5, 5.41) is 8.45. The van der Waals surface area contributed by atoms with Crippen molar-refractivity contribution in [1.29, 1.82) is 0 Å². The standard InChI is InChI=1S/C7H15NO4/c1-2-11-3-4-12-7(10)6(8)5-9/h6,9H,2-5,8H2,1H3/t6-/m1/s1. The molecule has 12 heavy (non-hydrogen) atoms. The number of carbonyl (C=O) groups excluding carboxylic acids is 1. The monoisotopic (exact) mass is 177 g/mol. The second kappa shape index (κ2) is 7.02. The average molecular weight is 177 g/mol.